The van der Waals surface area contributed by atoms with Gasteiger partial charge in [-0.25, -0.2) is 4.68 Å². The standard InChI is InChI=1S/C22H19F3N4O3/c1-12-4-2-3-5-14(12)27-21(30)16-10-20-26-15(9-19(22(23,24)25)29(20)28-16)13-6-7-17-18(8-13)32-11-31-17/h2-8,10,15,19,26H,9,11H2,1H3,(H,27,30)/t15-,19+/m0/s1. The van der Waals surface area contributed by atoms with E-state index in [1.807, 2.05) is 19.1 Å². The Kier molecular flexibility index (Phi) is 4.72. The van der Waals surface area contributed by atoms with Crippen LogP contribution < -0.4 is 20.1 Å². The maximum atomic E-state index is 13.9. The van der Waals surface area contributed by atoms with Gasteiger partial charge in [-0.15, -0.1) is 0 Å². The molecule has 2 aromatic carbocycles. The summed E-state index contributed by atoms with van der Waals surface area (Å²) in [6.45, 7) is 1.90. The number of halogens is 3. The van der Waals surface area contributed by atoms with Crippen molar-refractivity contribution in [2.75, 3.05) is 17.4 Å². The van der Waals surface area contributed by atoms with Crippen molar-refractivity contribution in [1.29, 1.82) is 0 Å². The highest BCUT2D eigenvalue weighted by molar-refractivity contribution is 6.03. The van der Waals surface area contributed by atoms with Crippen molar-refractivity contribution >= 4 is 17.4 Å². The Bertz CT molecular complexity index is 1190. The van der Waals surface area contributed by atoms with E-state index < -0.39 is 24.2 Å². The Morgan fingerprint density at radius 2 is 1.94 bits per heavy atom. The number of anilines is 2. The van der Waals surface area contributed by atoms with Crippen molar-refractivity contribution in [2.24, 2.45) is 0 Å². The van der Waals surface area contributed by atoms with Gasteiger partial charge >= 0.3 is 6.18 Å². The quantitative estimate of drug-likeness (QED) is 0.605. The van der Waals surface area contributed by atoms with Crippen molar-refractivity contribution in [1.82, 2.24) is 9.78 Å². The number of ether oxygens (including phenoxy) is 2. The van der Waals surface area contributed by atoms with Crippen molar-refractivity contribution in [2.45, 2.75) is 31.6 Å². The minimum atomic E-state index is -4.54. The predicted molar refractivity (Wildman–Crippen MR) is 110 cm³/mol. The third-order valence-corrected chi connectivity index (χ3v) is 5.61. The second kappa shape index (κ2) is 7.47. The Morgan fingerprint density at radius 3 is 2.72 bits per heavy atom. The molecule has 0 bridgehead atoms. The molecule has 0 aliphatic carbocycles. The first-order chi connectivity index (χ1) is 15.3. The van der Waals surface area contributed by atoms with Gasteiger partial charge in [0.15, 0.2) is 23.2 Å². The van der Waals surface area contributed by atoms with Crippen LogP contribution in [0.25, 0.3) is 0 Å². The lowest BCUT2D eigenvalue weighted by atomic mass is 9.96. The SMILES string of the molecule is Cc1ccccc1NC(=O)c1cc2n(n1)[C@@H](C(F)(F)F)C[C@@H](c1ccc3c(c1)OCO3)N2. The number of rotatable bonds is 3. The number of carbonyl (C=O) groups excluding carboxylic acids is 1. The highest BCUT2D eigenvalue weighted by atomic mass is 19.4. The van der Waals surface area contributed by atoms with E-state index in [4.69, 9.17) is 9.47 Å². The lowest BCUT2D eigenvalue weighted by Crippen LogP contribution is -2.35. The summed E-state index contributed by atoms with van der Waals surface area (Å²) in [5, 5.41) is 9.78. The van der Waals surface area contributed by atoms with Crippen LogP contribution in [0.1, 0.15) is 40.1 Å². The number of aryl methyl sites for hydroxylation is 1. The number of para-hydroxylation sites is 1. The summed E-state index contributed by atoms with van der Waals surface area (Å²) in [5.74, 6) is 0.585. The molecule has 0 unspecified atom stereocenters. The van der Waals surface area contributed by atoms with E-state index in [9.17, 15) is 18.0 Å². The normalized spacial score (nSPS) is 19.2. The number of hydrogen-bond donors (Lipinski definition) is 2. The number of nitrogens with one attached hydrogen (secondary N) is 2. The van der Waals surface area contributed by atoms with Crippen LogP contribution >= 0.6 is 0 Å². The van der Waals surface area contributed by atoms with Crippen LogP contribution in [0.5, 0.6) is 11.5 Å². The van der Waals surface area contributed by atoms with E-state index >= 15 is 0 Å². The summed E-state index contributed by atoms with van der Waals surface area (Å²) in [6.07, 6.45) is -4.82. The molecule has 166 valence electrons. The number of amides is 1. The first kappa shape index (κ1) is 20.2. The second-order valence-corrected chi connectivity index (χ2v) is 7.73. The molecule has 1 amide bonds. The molecular formula is C22H19F3N4O3. The molecule has 1 aromatic heterocycles. The average Bonchev–Trinajstić information content (AvgIpc) is 3.40. The zero-order valence-corrected chi connectivity index (χ0v) is 16.9. The molecule has 3 aromatic rings. The Morgan fingerprint density at radius 1 is 1.16 bits per heavy atom. The van der Waals surface area contributed by atoms with Crippen LogP contribution in [0, 0.1) is 6.92 Å². The topological polar surface area (TPSA) is 77.4 Å². The second-order valence-electron chi connectivity index (χ2n) is 7.73. The summed E-state index contributed by atoms with van der Waals surface area (Å²) < 4.78 is 53.2. The highest BCUT2D eigenvalue weighted by Gasteiger charge is 2.47. The maximum Gasteiger partial charge on any atom is 0.410 e. The van der Waals surface area contributed by atoms with Crippen LogP contribution in [0.2, 0.25) is 0 Å². The molecule has 0 fully saturated rings. The predicted octanol–water partition coefficient (Wildman–Crippen LogP) is 4.83. The maximum absolute atomic E-state index is 13.9. The number of carbonyl (C=O) groups is 1. The first-order valence-corrected chi connectivity index (χ1v) is 9.99. The summed E-state index contributed by atoms with van der Waals surface area (Å²) in [5.41, 5.74) is 1.93. The zero-order valence-electron chi connectivity index (χ0n) is 16.9. The number of benzene rings is 2. The van der Waals surface area contributed by atoms with Gasteiger partial charge in [-0.1, -0.05) is 24.3 Å². The molecule has 2 aliphatic heterocycles. The largest absolute Gasteiger partial charge is 0.454 e. The van der Waals surface area contributed by atoms with Gasteiger partial charge in [0, 0.05) is 18.2 Å². The lowest BCUT2D eigenvalue weighted by molar-refractivity contribution is -0.173. The third kappa shape index (κ3) is 3.61. The van der Waals surface area contributed by atoms with Crippen LogP contribution in [0.4, 0.5) is 24.7 Å². The summed E-state index contributed by atoms with van der Waals surface area (Å²) in [6, 6.07) is 11.0. The highest BCUT2D eigenvalue weighted by Crippen LogP contribution is 2.45. The molecular weight excluding hydrogens is 425 g/mol. The molecule has 3 heterocycles. The summed E-state index contributed by atoms with van der Waals surface area (Å²) in [7, 11) is 0. The number of nitrogens with zero attached hydrogens (tertiary/aromatic N) is 2. The zero-order chi connectivity index (χ0) is 22.5. The van der Waals surface area contributed by atoms with Crippen LogP contribution in [-0.2, 0) is 0 Å². The fraction of sp³-hybridized carbons (Fsp3) is 0.273. The molecule has 0 saturated heterocycles. The van der Waals surface area contributed by atoms with Gasteiger partial charge in [-0.3, -0.25) is 4.79 Å². The van der Waals surface area contributed by atoms with Gasteiger partial charge in [0.1, 0.15) is 5.82 Å². The fourth-order valence-electron chi connectivity index (χ4n) is 3.93. The molecule has 10 heteroatoms. The van der Waals surface area contributed by atoms with E-state index in [0.717, 1.165) is 10.2 Å². The summed E-state index contributed by atoms with van der Waals surface area (Å²) >= 11 is 0. The number of alkyl halides is 3. The number of aromatic nitrogens is 2. The van der Waals surface area contributed by atoms with Crippen molar-refractivity contribution in [3.63, 3.8) is 0 Å². The van der Waals surface area contributed by atoms with Gasteiger partial charge in [0.2, 0.25) is 6.79 Å². The van der Waals surface area contributed by atoms with Crippen LogP contribution in [0.15, 0.2) is 48.5 Å². The van der Waals surface area contributed by atoms with Gasteiger partial charge in [0.05, 0.1) is 6.04 Å². The van der Waals surface area contributed by atoms with Crippen LogP contribution in [0.3, 0.4) is 0 Å². The molecule has 0 spiro atoms. The molecule has 2 aliphatic rings. The first-order valence-electron chi connectivity index (χ1n) is 9.99. The fourth-order valence-corrected chi connectivity index (χ4v) is 3.93. The lowest BCUT2D eigenvalue weighted by Gasteiger charge is -2.33. The minimum Gasteiger partial charge on any atom is -0.454 e. The summed E-state index contributed by atoms with van der Waals surface area (Å²) in [4.78, 5) is 12.7. The molecule has 2 atom stereocenters. The Hall–Kier alpha value is -3.69. The van der Waals surface area contributed by atoms with E-state index in [2.05, 4.69) is 15.7 Å². The third-order valence-electron chi connectivity index (χ3n) is 5.61. The van der Waals surface area contributed by atoms with E-state index in [1.165, 1.54) is 6.07 Å². The molecule has 0 radical (unpaired) electrons. The molecule has 32 heavy (non-hydrogen) atoms. The monoisotopic (exact) mass is 444 g/mol. The van der Waals surface area contributed by atoms with Gasteiger partial charge in [0.25, 0.3) is 5.91 Å². The Labute approximate surface area is 181 Å². The van der Waals surface area contributed by atoms with E-state index in [-0.39, 0.29) is 24.7 Å². The van der Waals surface area contributed by atoms with Crippen molar-refractivity contribution < 1.29 is 27.4 Å². The van der Waals surface area contributed by atoms with Crippen molar-refractivity contribution in [3.05, 3.63) is 65.4 Å². The number of hydrogen-bond acceptors (Lipinski definition) is 5. The average molecular weight is 444 g/mol. The Balaban J connectivity index is 1.46. The van der Waals surface area contributed by atoms with E-state index in [0.29, 0.717) is 22.7 Å². The van der Waals surface area contributed by atoms with Crippen LogP contribution in [-0.4, -0.2) is 28.7 Å². The minimum absolute atomic E-state index is 0.0776. The van der Waals surface area contributed by atoms with Gasteiger partial charge in [-0.05, 0) is 36.2 Å². The smallest absolute Gasteiger partial charge is 0.410 e. The van der Waals surface area contributed by atoms with E-state index in [1.54, 1.807) is 30.3 Å². The molecule has 2 N–H and O–H groups in total. The molecule has 7 nitrogen and oxygen atoms in total. The molecule has 5 rings (SSSR count). The van der Waals surface area contributed by atoms with Gasteiger partial charge < -0.3 is 20.1 Å². The van der Waals surface area contributed by atoms with Crippen molar-refractivity contribution in [3.8, 4) is 11.5 Å². The van der Waals surface area contributed by atoms with Gasteiger partial charge in [-0.2, -0.15) is 18.3 Å². The molecule has 0 saturated carbocycles. The number of fused-ring (bicyclic) bond motifs is 2.